The molecule has 0 aliphatic rings. The van der Waals surface area contributed by atoms with Gasteiger partial charge in [-0.3, -0.25) is 25.4 Å². The monoisotopic (exact) mass is 269 g/mol. The van der Waals surface area contributed by atoms with E-state index in [2.05, 4.69) is 15.8 Å². The van der Waals surface area contributed by atoms with Gasteiger partial charge in [0.25, 0.3) is 11.8 Å². The predicted molar refractivity (Wildman–Crippen MR) is 75.1 cm³/mol. The second kappa shape index (κ2) is 5.97. The second-order valence-corrected chi connectivity index (χ2v) is 4.46. The highest BCUT2D eigenvalue weighted by Gasteiger charge is 2.10. The molecule has 1 heterocycles. The van der Waals surface area contributed by atoms with Crippen LogP contribution in [0, 0.1) is 13.8 Å². The largest absolute Gasteiger partial charge is 0.269 e. The summed E-state index contributed by atoms with van der Waals surface area (Å²) in [6, 6.07) is 8.64. The second-order valence-electron chi connectivity index (χ2n) is 4.46. The number of nitrogens with zero attached hydrogens (tertiary/aromatic N) is 1. The van der Waals surface area contributed by atoms with E-state index in [0.717, 1.165) is 11.1 Å². The van der Waals surface area contributed by atoms with Crippen molar-refractivity contribution in [2.75, 3.05) is 0 Å². The van der Waals surface area contributed by atoms with E-state index < -0.39 is 0 Å². The topological polar surface area (TPSA) is 71.1 Å². The Morgan fingerprint density at radius 1 is 0.950 bits per heavy atom. The molecule has 5 nitrogen and oxygen atoms in total. The molecular weight excluding hydrogens is 254 g/mol. The molecule has 2 N–H and O–H groups in total. The van der Waals surface area contributed by atoms with Crippen LogP contribution in [0.25, 0.3) is 0 Å². The van der Waals surface area contributed by atoms with Crippen LogP contribution in [0.2, 0.25) is 0 Å². The minimum atomic E-state index is -0.384. The van der Waals surface area contributed by atoms with E-state index in [0.29, 0.717) is 11.1 Å². The highest BCUT2D eigenvalue weighted by atomic mass is 16.2. The zero-order chi connectivity index (χ0) is 14.5. The van der Waals surface area contributed by atoms with Gasteiger partial charge >= 0.3 is 0 Å². The number of aryl methyl sites for hydroxylation is 2. The van der Waals surface area contributed by atoms with Gasteiger partial charge in [-0.2, -0.15) is 0 Å². The van der Waals surface area contributed by atoms with Crippen molar-refractivity contribution in [2.45, 2.75) is 13.8 Å². The molecule has 5 heteroatoms. The normalized spacial score (nSPS) is 9.90. The van der Waals surface area contributed by atoms with Gasteiger partial charge < -0.3 is 0 Å². The summed E-state index contributed by atoms with van der Waals surface area (Å²) in [5.74, 6) is -0.726. The van der Waals surface area contributed by atoms with Crippen molar-refractivity contribution in [2.24, 2.45) is 0 Å². The standard InChI is InChI=1S/C15H15N3O2/c1-10-3-4-13(11(2)9-10)15(20)18-17-14(19)12-5-7-16-8-6-12/h3-9H,1-2H3,(H,17,19)(H,18,20). The lowest BCUT2D eigenvalue weighted by Gasteiger charge is -2.09. The third kappa shape index (κ3) is 3.20. The Morgan fingerprint density at radius 2 is 1.60 bits per heavy atom. The van der Waals surface area contributed by atoms with Crippen molar-refractivity contribution in [3.63, 3.8) is 0 Å². The van der Waals surface area contributed by atoms with Crippen molar-refractivity contribution in [3.8, 4) is 0 Å². The molecule has 0 fully saturated rings. The highest BCUT2D eigenvalue weighted by Crippen LogP contribution is 2.09. The number of carbonyl (C=O) groups is 2. The molecule has 0 bridgehead atoms. The number of benzene rings is 1. The third-order valence-corrected chi connectivity index (χ3v) is 2.86. The molecule has 0 radical (unpaired) electrons. The van der Waals surface area contributed by atoms with Crippen LogP contribution in [0.15, 0.2) is 42.7 Å². The first kappa shape index (κ1) is 13.7. The first-order valence-electron chi connectivity index (χ1n) is 6.16. The number of pyridine rings is 1. The number of amides is 2. The number of hydrogen-bond acceptors (Lipinski definition) is 3. The van der Waals surface area contributed by atoms with Gasteiger partial charge in [-0.1, -0.05) is 17.7 Å². The summed E-state index contributed by atoms with van der Waals surface area (Å²) in [7, 11) is 0. The molecule has 2 amide bonds. The predicted octanol–water partition coefficient (Wildman–Crippen LogP) is 1.77. The maximum atomic E-state index is 12.0. The molecule has 0 atom stereocenters. The molecule has 1 aromatic heterocycles. The third-order valence-electron chi connectivity index (χ3n) is 2.86. The van der Waals surface area contributed by atoms with Gasteiger partial charge in [-0.15, -0.1) is 0 Å². The maximum Gasteiger partial charge on any atom is 0.269 e. The number of carbonyl (C=O) groups excluding carboxylic acids is 2. The lowest BCUT2D eigenvalue weighted by atomic mass is 10.1. The van der Waals surface area contributed by atoms with Crippen LogP contribution < -0.4 is 10.9 Å². The molecule has 1 aromatic carbocycles. The Bertz CT molecular complexity index is 639. The molecular formula is C15H15N3O2. The molecule has 2 rings (SSSR count). The summed E-state index contributed by atoms with van der Waals surface area (Å²) in [6.07, 6.45) is 3.03. The Morgan fingerprint density at radius 3 is 2.25 bits per heavy atom. The Kier molecular flexibility index (Phi) is 4.10. The van der Waals surface area contributed by atoms with Crippen LogP contribution in [-0.2, 0) is 0 Å². The summed E-state index contributed by atoms with van der Waals surface area (Å²) < 4.78 is 0. The quantitative estimate of drug-likeness (QED) is 0.816. The molecule has 0 spiro atoms. The summed E-state index contributed by atoms with van der Waals surface area (Å²) in [5, 5.41) is 0. The Hall–Kier alpha value is -2.69. The Labute approximate surface area is 117 Å². The molecule has 2 aromatic rings. The zero-order valence-corrected chi connectivity index (χ0v) is 11.3. The van der Waals surface area contributed by atoms with E-state index in [9.17, 15) is 9.59 Å². The van der Waals surface area contributed by atoms with Gasteiger partial charge in [-0.25, -0.2) is 0 Å². The smallest absolute Gasteiger partial charge is 0.267 e. The van der Waals surface area contributed by atoms with Gasteiger partial charge in [0.15, 0.2) is 0 Å². The molecule has 0 unspecified atom stereocenters. The minimum absolute atomic E-state index is 0.343. The molecule has 20 heavy (non-hydrogen) atoms. The highest BCUT2D eigenvalue weighted by molar-refractivity contribution is 5.99. The number of hydrogen-bond donors (Lipinski definition) is 2. The van der Waals surface area contributed by atoms with Crippen molar-refractivity contribution in [1.82, 2.24) is 15.8 Å². The minimum Gasteiger partial charge on any atom is -0.267 e. The number of nitrogens with one attached hydrogen (secondary N) is 2. The molecule has 0 saturated heterocycles. The summed E-state index contributed by atoms with van der Waals surface area (Å²) in [5.41, 5.74) is 7.68. The average Bonchev–Trinajstić information content (AvgIpc) is 2.45. The van der Waals surface area contributed by atoms with Crippen LogP contribution in [0.3, 0.4) is 0 Å². The van der Waals surface area contributed by atoms with E-state index in [1.807, 2.05) is 26.0 Å². The Balaban J connectivity index is 2.00. The van der Waals surface area contributed by atoms with Crippen LogP contribution in [0.1, 0.15) is 31.8 Å². The fourth-order valence-electron chi connectivity index (χ4n) is 1.82. The maximum absolute atomic E-state index is 12.0. The van der Waals surface area contributed by atoms with Crippen molar-refractivity contribution in [3.05, 3.63) is 65.0 Å². The van der Waals surface area contributed by atoms with Crippen molar-refractivity contribution in [1.29, 1.82) is 0 Å². The van der Waals surface area contributed by atoms with Gasteiger partial charge in [-0.05, 0) is 37.6 Å². The van der Waals surface area contributed by atoms with Gasteiger partial charge in [0.1, 0.15) is 0 Å². The van der Waals surface area contributed by atoms with E-state index in [1.165, 1.54) is 12.4 Å². The first-order chi connectivity index (χ1) is 9.58. The van der Waals surface area contributed by atoms with Gasteiger partial charge in [0.2, 0.25) is 0 Å². The lowest BCUT2D eigenvalue weighted by Crippen LogP contribution is -2.41. The summed E-state index contributed by atoms with van der Waals surface area (Å²) >= 11 is 0. The average molecular weight is 269 g/mol. The summed E-state index contributed by atoms with van der Waals surface area (Å²) in [6.45, 7) is 3.81. The lowest BCUT2D eigenvalue weighted by molar-refractivity contribution is 0.0846. The fourth-order valence-corrected chi connectivity index (χ4v) is 1.82. The van der Waals surface area contributed by atoms with Gasteiger partial charge in [0, 0.05) is 23.5 Å². The van der Waals surface area contributed by atoms with Crippen LogP contribution in [0.5, 0.6) is 0 Å². The van der Waals surface area contributed by atoms with E-state index in [-0.39, 0.29) is 11.8 Å². The number of hydrazine groups is 1. The van der Waals surface area contributed by atoms with Gasteiger partial charge in [0.05, 0.1) is 0 Å². The van der Waals surface area contributed by atoms with Crippen LogP contribution in [0.4, 0.5) is 0 Å². The van der Waals surface area contributed by atoms with Crippen LogP contribution in [-0.4, -0.2) is 16.8 Å². The number of aromatic nitrogens is 1. The SMILES string of the molecule is Cc1ccc(C(=O)NNC(=O)c2ccncc2)c(C)c1. The van der Waals surface area contributed by atoms with E-state index >= 15 is 0 Å². The van der Waals surface area contributed by atoms with E-state index in [1.54, 1.807) is 18.2 Å². The number of rotatable bonds is 2. The fraction of sp³-hybridized carbons (Fsp3) is 0.133. The first-order valence-corrected chi connectivity index (χ1v) is 6.16. The molecule has 0 saturated carbocycles. The van der Waals surface area contributed by atoms with Crippen LogP contribution >= 0.6 is 0 Å². The van der Waals surface area contributed by atoms with Crippen molar-refractivity contribution < 1.29 is 9.59 Å². The molecule has 102 valence electrons. The molecule has 0 aliphatic heterocycles. The molecule has 0 aliphatic carbocycles. The van der Waals surface area contributed by atoms with Crippen molar-refractivity contribution >= 4 is 11.8 Å². The summed E-state index contributed by atoms with van der Waals surface area (Å²) in [4.78, 5) is 27.6. The zero-order valence-electron chi connectivity index (χ0n) is 11.3. The van der Waals surface area contributed by atoms with E-state index in [4.69, 9.17) is 0 Å².